The zero-order valence-corrected chi connectivity index (χ0v) is 14.7. The third-order valence-electron chi connectivity index (χ3n) is 3.78. The molecule has 0 atom stereocenters. The number of methoxy groups -OCH3 is 1. The number of H-pyrrole nitrogens is 1. The van der Waals surface area contributed by atoms with Crippen molar-refractivity contribution in [3.05, 3.63) is 60.7 Å². The molecule has 27 heavy (non-hydrogen) atoms. The first-order valence-electron chi connectivity index (χ1n) is 8.18. The van der Waals surface area contributed by atoms with Crippen LogP contribution in [0.2, 0.25) is 0 Å². The highest BCUT2D eigenvalue weighted by Crippen LogP contribution is 2.19. The number of aromatic nitrogens is 2. The zero-order valence-electron chi connectivity index (χ0n) is 14.7. The fraction of sp³-hybridized carbons (Fsp3) is 0.105. The molecule has 3 rings (SSSR count). The minimum Gasteiger partial charge on any atom is -0.497 e. The fourth-order valence-corrected chi connectivity index (χ4v) is 2.42. The van der Waals surface area contributed by atoms with Gasteiger partial charge in [0.05, 0.1) is 18.1 Å². The number of rotatable bonds is 6. The first kappa shape index (κ1) is 18.0. The average Bonchev–Trinajstić information content (AvgIpc) is 3.08. The summed E-state index contributed by atoms with van der Waals surface area (Å²) in [6.45, 7) is 3.78. The predicted molar refractivity (Wildman–Crippen MR) is 104 cm³/mol. The third kappa shape index (κ3) is 4.63. The van der Waals surface area contributed by atoms with Gasteiger partial charge in [-0.2, -0.15) is 0 Å². The number of imidazole rings is 1. The van der Waals surface area contributed by atoms with E-state index in [0.717, 1.165) is 11.3 Å². The van der Waals surface area contributed by atoms with Crippen LogP contribution in [-0.4, -0.2) is 29.0 Å². The number of carbonyl (C=O) groups is 2. The number of amides is 3. The van der Waals surface area contributed by atoms with E-state index < -0.39 is 0 Å². The molecule has 0 radical (unpaired) electrons. The van der Waals surface area contributed by atoms with Crippen LogP contribution >= 0.6 is 0 Å². The van der Waals surface area contributed by atoms with Crippen LogP contribution in [0.3, 0.4) is 0 Å². The van der Waals surface area contributed by atoms with Gasteiger partial charge in [0.25, 0.3) is 0 Å². The summed E-state index contributed by atoms with van der Waals surface area (Å²) in [7, 11) is 1.60. The van der Waals surface area contributed by atoms with Gasteiger partial charge in [-0.05, 0) is 42.0 Å². The van der Waals surface area contributed by atoms with Crippen LogP contribution in [-0.2, 0) is 11.3 Å². The minimum atomic E-state index is -0.384. The molecule has 0 saturated carbocycles. The SMILES string of the molecule is C=CC(=O)Nc1ccc2nc(NC(=O)NCc3ccc(OC)cc3)[nH]c2c1. The number of nitrogens with zero attached hydrogens (tertiary/aromatic N) is 1. The van der Waals surface area contributed by atoms with Crippen LogP contribution in [0, 0.1) is 0 Å². The van der Waals surface area contributed by atoms with E-state index in [1.54, 1.807) is 25.3 Å². The van der Waals surface area contributed by atoms with Gasteiger partial charge in [0, 0.05) is 12.2 Å². The Morgan fingerprint density at radius 3 is 2.67 bits per heavy atom. The van der Waals surface area contributed by atoms with Crippen molar-refractivity contribution in [1.29, 1.82) is 0 Å². The number of ether oxygens (including phenoxy) is 1. The topological polar surface area (TPSA) is 108 Å². The molecule has 8 heteroatoms. The molecule has 0 fully saturated rings. The lowest BCUT2D eigenvalue weighted by molar-refractivity contribution is -0.111. The van der Waals surface area contributed by atoms with Gasteiger partial charge in [0.2, 0.25) is 11.9 Å². The summed E-state index contributed by atoms with van der Waals surface area (Å²) in [6.07, 6.45) is 1.19. The number of urea groups is 1. The molecular weight excluding hydrogens is 346 g/mol. The number of anilines is 2. The molecule has 3 aromatic rings. The van der Waals surface area contributed by atoms with Crippen molar-refractivity contribution < 1.29 is 14.3 Å². The quantitative estimate of drug-likeness (QED) is 0.504. The highest BCUT2D eigenvalue weighted by Gasteiger charge is 2.08. The maximum absolute atomic E-state index is 12.1. The lowest BCUT2D eigenvalue weighted by Crippen LogP contribution is -2.28. The van der Waals surface area contributed by atoms with Crippen LogP contribution in [0.25, 0.3) is 11.0 Å². The van der Waals surface area contributed by atoms with Gasteiger partial charge >= 0.3 is 6.03 Å². The van der Waals surface area contributed by atoms with Crippen LogP contribution in [0.15, 0.2) is 55.1 Å². The van der Waals surface area contributed by atoms with E-state index in [1.165, 1.54) is 6.08 Å². The van der Waals surface area contributed by atoms with E-state index in [0.29, 0.717) is 29.2 Å². The second kappa shape index (κ2) is 8.05. The molecule has 0 unspecified atom stereocenters. The molecule has 0 spiro atoms. The molecule has 3 amide bonds. The molecule has 4 N–H and O–H groups in total. The zero-order chi connectivity index (χ0) is 19.2. The molecule has 1 heterocycles. The van der Waals surface area contributed by atoms with Crippen LogP contribution in [0.5, 0.6) is 5.75 Å². The summed E-state index contributed by atoms with van der Waals surface area (Å²) in [6, 6.07) is 12.2. The summed E-state index contributed by atoms with van der Waals surface area (Å²) in [4.78, 5) is 30.7. The van der Waals surface area contributed by atoms with E-state index >= 15 is 0 Å². The molecule has 0 aliphatic carbocycles. The van der Waals surface area contributed by atoms with Gasteiger partial charge in [-0.1, -0.05) is 18.7 Å². The summed E-state index contributed by atoms with van der Waals surface area (Å²) in [5.41, 5.74) is 2.89. The summed E-state index contributed by atoms with van der Waals surface area (Å²) >= 11 is 0. The van der Waals surface area contributed by atoms with Crippen molar-refractivity contribution in [1.82, 2.24) is 15.3 Å². The average molecular weight is 365 g/mol. The largest absolute Gasteiger partial charge is 0.497 e. The standard InChI is InChI=1S/C19H19N5O3/c1-3-17(25)21-13-6-9-15-16(10-13)23-18(22-15)24-19(26)20-11-12-4-7-14(27-2)8-5-12/h3-10H,1,11H2,2H3,(H,21,25)(H3,20,22,23,24,26). The Morgan fingerprint density at radius 2 is 1.96 bits per heavy atom. The minimum absolute atomic E-state index is 0.301. The third-order valence-corrected chi connectivity index (χ3v) is 3.78. The normalized spacial score (nSPS) is 10.3. The Kier molecular flexibility index (Phi) is 5.36. The first-order valence-corrected chi connectivity index (χ1v) is 8.18. The van der Waals surface area contributed by atoms with E-state index in [2.05, 4.69) is 32.5 Å². The molecule has 1 aromatic heterocycles. The van der Waals surface area contributed by atoms with Crippen molar-refractivity contribution in [3.63, 3.8) is 0 Å². The molecule has 0 aliphatic heterocycles. The van der Waals surface area contributed by atoms with E-state index in [-0.39, 0.29) is 11.9 Å². The van der Waals surface area contributed by atoms with Gasteiger partial charge in [-0.15, -0.1) is 0 Å². The van der Waals surface area contributed by atoms with E-state index in [1.807, 2.05) is 24.3 Å². The van der Waals surface area contributed by atoms with Crippen molar-refractivity contribution in [2.45, 2.75) is 6.54 Å². The summed E-state index contributed by atoms with van der Waals surface area (Å²) in [5.74, 6) is 0.767. The van der Waals surface area contributed by atoms with Crippen molar-refractivity contribution in [2.24, 2.45) is 0 Å². The number of nitrogens with one attached hydrogen (secondary N) is 4. The molecule has 8 nitrogen and oxygen atoms in total. The Morgan fingerprint density at radius 1 is 1.19 bits per heavy atom. The van der Waals surface area contributed by atoms with Crippen molar-refractivity contribution >= 4 is 34.6 Å². The van der Waals surface area contributed by atoms with Crippen LogP contribution in [0.4, 0.5) is 16.4 Å². The lowest BCUT2D eigenvalue weighted by atomic mass is 10.2. The van der Waals surface area contributed by atoms with E-state index in [4.69, 9.17) is 4.74 Å². The fourth-order valence-electron chi connectivity index (χ4n) is 2.42. The number of hydrogen-bond donors (Lipinski definition) is 4. The van der Waals surface area contributed by atoms with Crippen molar-refractivity contribution in [3.8, 4) is 5.75 Å². The Bertz CT molecular complexity index is 979. The molecule has 138 valence electrons. The highest BCUT2D eigenvalue weighted by atomic mass is 16.5. The monoisotopic (exact) mass is 365 g/mol. The Hall–Kier alpha value is -3.81. The van der Waals surface area contributed by atoms with E-state index in [9.17, 15) is 9.59 Å². The number of carbonyl (C=O) groups excluding carboxylic acids is 2. The molecular formula is C19H19N5O3. The van der Waals surface area contributed by atoms with Crippen LogP contribution in [0.1, 0.15) is 5.56 Å². The maximum atomic E-state index is 12.1. The number of fused-ring (bicyclic) bond motifs is 1. The first-order chi connectivity index (χ1) is 13.1. The summed E-state index contributed by atoms with van der Waals surface area (Å²) < 4.78 is 5.10. The number of hydrogen-bond acceptors (Lipinski definition) is 4. The van der Waals surface area contributed by atoms with Crippen molar-refractivity contribution in [2.75, 3.05) is 17.7 Å². The second-order valence-electron chi connectivity index (χ2n) is 5.67. The maximum Gasteiger partial charge on any atom is 0.321 e. The van der Waals surface area contributed by atoms with Crippen LogP contribution < -0.4 is 20.7 Å². The number of aromatic amines is 1. The van der Waals surface area contributed by atoms with Gasteiger partial charge < -0.3 is 20.4 Å². The molecule has 2 aromatic carbocycles. The molecule has 0 aliphatic rings. The van der Waals surface area contributed by atoms with Gasteiger partial charge in [0.1, 0.15) is 5.75 Å². The lowest BCUT2D eigenvalue weighted by Gasteiger charge is -2.06. The van der Waals surface area contributed by atoms with Gasteiger partial charge in [-0.3, -0.25) is 10.1 Å². The highest BCUT2D eigenvalue weighted by molar-refractivity contribution is 6.00. The Labute approximate surface area is 155 Å². The van der Waals surface area contributed by atoms with Gasteiger partial charge in [0.15, 0.2) is 0 Å². The predicted octanol–water partition coefficient (Wildman–Crippen LogP) is 3.02. The second-order valence-corrected chi connectivity index (χ2v) is 5.67. The number of benzene rings is 2. The molecule has 0 bridgehead atoms. The Balaban J connectivity index is 1.60. The van der Waals surface area contributed by atoms with Gasteiger partial charge in [-0.25, -0.2) is 9.78 Å². The summed E-state index contributed by atoms with van der Waals surface area (Å²) in [5, 5.41) is 8.07. The molecule has 0 saturated heterocycles. The smallest absolute Gasteiger partial charge is 0.321 e.